The van der Waals surface area contributed by atoms with Crippen molar-refractivity contribution in [1.29, 1.82) is 0 Å². The Morgan fingerprint density at radius 2 is 1.84 bits per heavy atom. The van der Waals surface area contributed by atoms with Crippen molar-refractivity contribution in [3.63, 3.8) is 0 Å². The molecule has 2 aliphatic carbocycles. The molecule has 0 heterocycles. The third kappa shape index (κ3) is 4.31. The van der Waals surface area contributed by atoms with Crippen LogP contribution in [-0.4, -0.2) is 0 Å². The molecule has 0 aromatic rings. The monoisotopic (exact) mass is 371 g/mol. The maximum atomic E-state index is 3.29. The first-order chi connectivity index (χ1) is 7.53. The average molecular weight is 373 g/mol. The van der Waals surface area contributed by atoms with E-state index < -0.39 is 0 Å². The summed E-state index contributed by atoms with van der Waals surface area (Å²) in [5.41, 5.74) is 5.75. The van der Waals surface area contributed by atoms with E-state index in [1.54, 1.807) is 0 Å². The van der Waals surface area contributed by atoms with Gasteiger partial charge in [-0.05, 0) is 6.42 Å². The minimum absolute atomic E-state index is 0. The largest absolute Gasteiger partial charge is 3.00 e. The Kier molecular flexibility index (Phi) is 9.54. The first kappa shape index (κ1) is 21.5. The second kappa shape index (κ2) is 8.45. The molecule has 101 valence electrons. The molecule has 2 rings (SSSR count). The van der Waals surface area contributed by atoms with Gasteiger partial charge in [0.25, 0.3) is 0 Å². The molecule has 19 heavy (non-hydrogen) atoms. The standard InChI is InChI=1S/C16H19.2ClH.Zr/c1-12(2)14-10-7-11-15(16(14,3)4)13-8-5-6-9-13;;;/h5-6,8,10-11H,9H2,1-4H3;2*1H;/q-1;;;+3/p-2. The number of hydrogen-bond acceptors (Lipinski definition) is 0. The van der Waals surface area contributed by atoms with Gasteiger partial charge in [0.1, 0.15) is 0 Å². The van der Waals surface area contributed by atoms with Crippen molar-refractivity contribution in [3.8, 4) is 0 Å². The van der Waals surface area contributed by atoms with Gasteiger partial charge < -0.3 is 24.8 Å². The summed E-state index contributed by atoms with van der Waals surface area (Å²) in [6, 6.07) is 0. The molecule has 0 bridgehead atoms. The van der Waals surface area contributed by atoms with E-state index in [0.29, 0.717) is 0 Å². The Labute approximate surface area is 148 Å². The van der Waals surface area contributed by atoms with Crippen molar-refractivity contribution in [2.75, 3.05) is 0 Å². The summed E-state index contributed by atoms with van der Waals surface area (Å²) in [5, 5.41) is 0. The quantitative estimate of drug-likeness (QED) is 0.493. The predicted octanol–water partition coefficient (Wildman–Crippen LogP) is -1.46. The van der Waals surface area contributed by atoms with Gasteiger partial charge in [-0.3, -0.25) is 0 Å². The van der Waals surface area contributed by atoms with E-state index in [0.717, 1.165) is 6.42 Å². The normalized spacial score (nSPS) is 18.6. The van der Waals surface area contributed by atoms with Crippen LogP contribution in [0.1, 0.15) is 34.1 Å². The minimum Gasteiger partial charge on any atom is -1.00 e. The molecule has 0 saturated carbocycles. The van der Waals surface area contributed by atoms with Crippen LogP contribution in [-0.2, 0) is 26.2 Å². The van der Waals surface area contributed by atoms with E-state index in [9.17, 15) is 0 Å². The smallest absolute Gasteiger partial charge is 1.00 e. The Morgan fingerprint density at radius 1 is 1.21 bits per heavy atom. The number of rotatable bonds is 1. The zero-order valence-electron chi connectivity index (χ0n) is 11.8. The van der Waals surface area contributed by atoms with E-state index in [4.69, 9.17) is 0 Å². The van der Waals surface area contributed by atoms with Crippen molar-refractivity contribution in [2.24, 2.45) is 5.41 Å². The van der Waals surface area contributed by atoms with Gasteiger partial charge in [-0.15, -0.1) is 16.7 Å². The average Bonchev–Trinajstić information content (AvgIpc) is 2.68. The van der Waals surface area contributed by atoms with E-state index in [-0.39, 0.29) is 56.4 Å². The molecule has 0 N–H and O–H groups in total. The SMILES string of the molecule is CC(C)=C1C=[C-]C=C(C2=CC=CC2)C1(C)C.[Cl-].[Cl-].[Zr+3]. The van der Waals surface area contributed by atoms with Crippen LogP contribution in [0.25, 0.3) is 0 Å². The van der Waals surface area contributed by atoms with Crippen LogP contribution < -0.4 is 24.8 Å². The zero-order valence-corrected chi connectivity index (χ0v) is 15.8. The third-order valence-electron chi connectivity index (χ3n) is 3.46. The maximum absolute atomic E-state index is 3.29. The molecule has 0 aliphatic heterocycles. The fourth-order valence-electron chi connectivity index (χ4n) is 2.62. The summed E-state index contributed by atoms with van der Waals surface area (Å²) in [6.45, 7) is 8.97. The van der Waals surface area contributed by atoms with Crippen molar-refractivity contribution in [1.82, 2.24) is 0 Å². The predicted molar refractivity (Wildman–Crippen MR) is 69.9 cm³/mol. The molecule has 0 amide bonds. The van der Waals surface area contributed by atoms with Crippen molar-refractivity contribution < 1.29 is 51.0 Å². The molecule has 0 saturated heterocycles. The van der Waals surface area contributed by atoms with E-state index in [1.807, 2.05) is 0 Å². The summed E-state index contributed by atoms with van der Waals surface area (Å²) in [5.74, 6) is 0. The second-order valence-electron chi connectivity index (χ2n) is 5.23. The third-order valence-corrected chi connectivity index (χ3v) is 3.46. The molecule has 0 nitrogen and oxygen atoms in total. The van der Waals surface area contributed by atoms with Gasteiger partial charge in [0.2, 0.25) is 0 Å². The van der Waals surface area contributed by atoms with Crippen molar-refractivity contribution >= 4 is 0 Å². The molecule has 0 unspecified atom stereocenters. The summed E-state index contributed by atoms with van der Waals surface area (Å²) >= 11 is 0. The Bertz CT molecular complexity index is 459. The van der Waals surface area contributed by atoms with E-state index in [2.05, 4.69) is 64.2 Å². The van der Waals surface area contributed by atoms with Crippen molar-refractivity contribution in [2.45, 2.75) is 34.1 Å². The van der Waals surface area contributed by atoms with Gasteiger partial charge in [0, 0.05) is 0 Å². The Hall–Kier alpha value is 0.163. The van der Waals surface area contributed by atoms with Gasteiger partial charge in [0.05, 0.1) is 0 Å². The molecule has 0 spiro atoms. The summed E-state index contributed by atoms with van der Waals surface area (Å²) in [4.78, 5) is 0. The summed E-state index contributed by atoms with van der Waals surface area (Å²) < 4.78 is 0. The van der Waals surface area contributed by atoms with Crippen LogP contribution in [0.3, 0.4) is 0 Å². The van der Waals surface area contributed by atoms with Gasteiger partial charge >= 0.3 is 26.2 Å². The molecule has 0 atom stereocenters. The van der Waals surface area contributed by atoms with Crippen LogP contribution >= 0.6 is 0 Å². The van der Waals surface area contributed by atoms with Crippen molar-refractivity contribution in [3.05, 3.63) is 58.7 Å². The first-order valence-electron chi connectivity index (χ1n) is 5.87. The van der Waals surface area contributed by atoms with Crippen LogP contribution in [0, 0.1) is 11.5 Å². The van der Waals surface area contributed by atoms with Gasteiger partial charge in [0.15, 0.2) is 0 Å². The summed E-state index contributed by atoms with van der Waals surface area (Å²) in [6.07, 6.45) is 15.2. The van der Waals surface area contributed by atoms with E-state index in [1.165, 1.54) is 22.3 Å². The molecule has 2 aliphatic rings. The second-order valence-corrected chi connectivity index (χ2v) is 5.23. The minimum atomic E-state index is 0. The number of halogens is 2. The Balaban J connectivity index is 0. The molecule has 1 radical (unpaired) electrons. The first-order valence-corrected chi connectivity index (χ1v) is 5.87. The molecule has 3 heteroatoms. The molecular formula is C16H19Cl2Zr. The van der Waals surface area contributed by atoms with Gasteiger partial charge in [-0.2, -0.15) is 18.2 Å². The summed E-state index contributed by atoms with van der Waals surface area (Å²) in [7, 11) is 0. The van der Waals surface area contributed by atoms with Gasteiger partial charge in [-0.25, -0.2) is 0 Å². The topological polar surface area (TPSA) is 0 Å². The van der Waals surface area contributed by atoms with Crippen LogP contribution in [0.15, 0.2) is 52.7 Å². The zero-order chi connectivity index (χ0) is 11.8. The maximum Gasteiger partial charge on any atom is 3.00 e. The van der Waals surface area contributed by atoms with Crippen LogP contribution in [0.5, 0.6) is 0 Å². The van der Waals surface area contributed by atoms with Crippen LogP contribution in [0.4, 0.5) is 0 Å². The van der Waals surface area contributed by atoms with E-state index >= 15 is 0 Å². The molecular weight excluding hydrogens is 354 g/mol. The molecule has 0 aromatic heterocycles. The van der Waals surface area contributed by atoms with Gasteiger partial charge in [-0.1, -0.05) is 56.9 Å². The fourth-order valence-corrected chi connectivity index (χ4v) is 2.62. The fraction of sp³-hybridized carbons (Fsp3) is 0.375. The number of hydrogen-bond donors (Lipinski definition) is 0. The number of allylic oxidation sites excluding steroid dienone is 10. The molecule has 0 aromatic carbocycles. The molecule has 0 fully saturated rings. The Morgan fingerprint density at radius 3 is 2.32 bits per heavy atom. The van der Waals surface area contributed by atoms with Crippen LogP contribution in [0.2, 0.25) is 0 Å².